The third-order valence-corrected chi connectivity index (χ3v) is 8.35. The highest BCUT2D eigenvalue weighted by atomic mass is 16.7. The van der Waals surface area contributed by atoms with Crippen LogP contribution in [0.1, 0.15) is 44.2 Å². The fourth-order valence-corrected chi connectivity index (χ4v) is 6.88. The van der Waals surface area contributed by atoms with Gasteiger partial charge in [-0.3, -0.25) is 0 Å². The van der Waals surface area contributed by atoms with Gasteiger partial charge in [0.15, 0.2) is 17.6 Å². The Kier molecular flexibility index (Phi) is 3.48. The van der Waals surface area contributed by atoms with Gasteiger partial charge >= 0.3 is 0 Å². The maximum atomic E-state index is 12.3. The summed E-state index contributed by atoms with van der Waals surface area (Å²) in [6.07, 6.45) is 2.58. The number of fused-ring (bicyclic) bond motifs is 1. The summed E-state index contributed by atoms with van der Waals surface area (Å²) in [4.78, 5) is 2.33. The molecule has 2 spiro atoms. The molecule has 0 radical (unpaired) electrons. The summed E-state index contributed by atoms with van der Waals surface area (Å²) >= 11 is 0. The Morgan fingerprint density at radius 1 is 1.14 bits per heavy atom. The Bertz CT molecular complexity index is 874. The topological polar surface area (TPSA) is 60.4 Å². The van der Waals surface area contributed by atoms with Crippen molar-refractivity contribution in [2.75, 3.05) is 33.9 Å². The number of hydrogen-bond acceptors (Lipinski definition) is 6. The zero-order valence-electron chi connectivity index (χ0n) is 17.8. The summed E-state index contributed by atoms with van der Waals surface area (Å²) in [5, 5.41) is 12.3. The molecular weight excluding hydrogens is 370 g/mol. The third-order valence-electron chi connectivity index (χ3n) is 8.35. The molecule has 6 nitrogen and oxygen atoms in total. The summed E-state index contributed by atoms with van der Waals surface area (Å²) in [7, 11) is 3.82. The fourth-order valence-electron chi connectivity index (χ4n) is 6.88. The number of likely N-dealkylation sites (tertiary alicyclic amines) is 1. The van der Waals surface area contributed by atoms with Gasteiger partial charge in [-0.15, -0.1) is 0 Å². The van der Waals surface area contributed by atoms with Crippen LogP contribution in [0.3, 0.4) is 0 Å². The van der Waals surface area contributed by atoms with E-state index in [-0.39, 0.29) is 17.6 Å². The van der Waals surface area contributed by atoms with Crippen LogP contribution in [0.15, 0.2) is 12.1 Å². The van der Waals surface area contributed by atoms with E-state index >= 15 is 0 Å². The van der Waals surface area contributed by atoms with Gasteiger partial charge in [0.2, 0.25) is 5.79 Å². The van der Waals surface area contributed by atoms with Crippen molar-refractivity contribution in [1.29, 1.82) is 0 Å². The molecule has 1 saturated carbocycles. The Labute approximate surface area is 172 Å². The maximum Gasteiger partial charge on any atom is 0.207 e. The molecule has 2 bridgehead atoms. The van der Waals surface area contributed by atoms with Gasteiger partial charge in [0, 0.05) is 23.4 Å². The van der Waals surface area contributed by atoms with Gasteiger partial charge in [-0.25, -0.2) is 0 Å². The van der Waals surface area contributed by atoms with E-state index in [1.807, 2.05) is 6.07 Å². The van der Waals surface area contributed by atoms with Crippen LogP contribution >= 0.6 is 0 Å². The first-order chi connectivity index (χ1) is 13.8. The molecule has 1 aromatic carbocycles. The van der Waals surface area contributed by atoms with Crippen LogP contribution in [0, 0.1) is 5.41 Å². The maximum absolute atomic E-state index is 12.3. The van der Waals surface area contributed by atoms with Crippen LogP contribution in [0.2, 0.25) is 0 Å². The zero-order valence-corrected chi connectivity index (χ0v) is 17.8. The first-order valence-electron chi connectivity index (χ1n) is 10.8. The average molecular weight is 402 g/mol. The second-order valence-corrected chi connectivity index (χ2v) is 10.5. The minimum atomic E-state index is -0.861. The lowest BCUT2D eigenvalue weighted by molar-refractivity contribution is -0.368. The average Bonchev–Trinajstić information content (AvgIpc) is 3.05. The molecule has 3 fully saturated rings. The zero-order chi connectivity index (χ0) is 20.2. The smallest absolute Gasteiger partial charge is 0.207 e. The predicted molar refractivity (Wildman–Crippen MR) is 106 cm³/mol. The third kappa shape index (κ3) is 2.02. The number of rotatable bonds is 1. The van der Waals surface area contributed by atoms with Crippen molar-refractivity contribution in [3.8, 4) is 11.5 Å². The number of nitrogens with zero attached hydrogens (tertiary/aromatic N) is 1. The highest BCUT2D eigenvalue weighted by Crippen LogP contribution is 2.68. The Hall–Kier alpha value is -1.34. The van der Waals surface area contributed by atoms with Crippen LogP contribution in [-0.4, -0.2) is 67.5 Å². The molecule has 2 aliphatic carbocycles. The molecular formula is C23H31NO5. The Morgan fingerprint density at radius 2 is 1.90 bits per heavy atom. The summed E-state index contributed by atoms with van der Waals surface area (Å²) in [6, 6.07) is 4.23. The monoisotopic (exact) mass is 401 g/mol. The minimum absolute atomic E-state index is 0.0210. The summed E-state index contributed by atoms with van der Waals surface area (Å²) in [5.74, 6) is 0.703. The van der Waals surface area contributed by atoms with Crippen LogP contribution in [-0.2, 0) is 21.3 Å². The van der Waals surface area contributed by atoms with E-state index in [0.717, 1.165) is 36.4 Å². The number of piperidine rings is 1. The fraction of sp³-hybridized carbons (Fsp3) is 0.739. The highest BCUT2D eigenvalue weighted by molar-refractivity contribution is 5.63. The lowest BCUT2D eigenvalue weighted by Crippen LogP contribution is -2.80. The molecule has 0 aromatic heterocycles. The molecule has 5 aliphatic rings. The van der Waals surface area contributed by atoms with E-state index in [2.05, 4.69) is 31.9 Å². The highest BCUT2D eigenvalue weighted by Gasteiger charge is 2.77. The van der Waals surface area contributed by atoms with Gasteiger partial charge in [0.05, 0.1) is 31.3 Å². The van der Waals surface area contributed by atoms with Crippen molar-refractivity contribution in [2.24, 2.45) is 5.41 Å². The van der Waals surface area contributed by atoms with Gasteiger partial charge in [0.25, 0.3) is 0 Å². The molecule has 1 aromatic rings. The van der Waals surface area contributed by atoms with Crippen molar-refractivity contribution in [3.63, 3.8) is 0 Å². The molecule has 2 saturated heterocycles. The van der Waals surface area contributed by atoms with Crippen molar-refractivity contribution in [3.05, 3.63) is 23.3 Å². The summed E-state index contributed by atoms with van der Waals surface area (Å²) in [5.41, 5.74) is 0.997. The van der Waals surface area contributed by atoms with Gasteiger partial charge in [-0.05, 0) is 44.5 Å². The Morgan fingerprint density at radius 3 is 2.62 bits per heavy atom. The first kappa shape index (κ1) is 18.4. The normalized spacial score (nSPS) is 41.0. The molecule has 158 valence electrons. The van der Waals surface area contributed by atoms with E-state index in [1.54, 1.807) is 7.11 Å². The van der Waals surface area contributed by atoms with Crippen molar-refractivity contribution in [1.82, 2.24) is 4.90 Å². The van der Waals surface area contributed by atoms with E-state index in [9.17, 15) is 5.11 Å². The lowest BCUT2D eigenvalue weighted by Gasteiger charge is -2.66. The largest absolute Gasteiger partial charge is 0.493 e. The second-order valence-electron chi connectivity index (χ2n) is 10.5. The van der Waals surface area contributed by atoms with Crippen molar-refractivity contribution < 1.29 is 24.1 Å². The minimum Gasteiger partial charge on any atom is -0.493 e. The molecule has 0 amide bonds. The van der Waals surface area contributed by atoms with E-state index in [4.69, 9.17) is 18.9 Å². The van der Waals surface area contributed by atoms with Gasteiger partial charge in [0.1, 0.15) is 0 Å². The predicted octanol–water partition coefficient (Wildman–Crippen LogP) is 2.25. The molecule has 3 aliphatic heterocycles. The second kappa shape index (κ2) is 5.47. The molecule has 29 heavy (non-hydrogen) atoms. The number of benzene rings is 1. The van der Waals surface area contributed by atoms with E-state index < -0.39 is 16.8 Å². The number of methoxy groups -OCH3 is 1. The molecule has 1 N–H and O–H groups in total. The SMILES string of the molecule is COc1ccc2c3c1OC1C4(CCC5(O)[C@@H](C2)N(C)CC[C@]315)OCC(C)(C)CO4. The number of aliphatic hydroxyl groups is 1. The lowest BCUT2D eigenvalue weighted by atomic mass is 9.48. The van der Waals surface area contributed by atoms with Crippen LogP contribution in [0.25, 0.3) is 0 Å². The van der Waals surface area contributed by atoms with Crippen molar-refractivity contribution >= 4 is 0 Å². The number of hydrogen-bond donors (Lipinski definition) is 1. The van der Waals surface area contributed by atoms with E-state index in [0.29, 0.717) is 26.1 Å². The van der Waals surface area contributed by atoms with E-state index in [1.165, 1.54) is 5.56 Å². The number of likely N-dealkylation sites (N-methyl/N-ethyl adjacent to an activating group) is 1. The first-order valence-corrected chi connectivity index (χ1v) is 10.8. The quantitative estimate of drug-likeness (QED) is 0.779. The summed E-state index contributed by atoms with van der Waals surface area (Å²) < 4.78 is 25.4. The molecule has 2 unspecified atom stereocenters. The van der Waals surface area contributed by atoms with Crippen LogP contribution in [0.5, 0.6) is 11.5 Å². The Balaban J connectivity index is 1.57. The van der Waals surface area contributed by atoms with Gasteiger partial charge in [-0.1, -0.05) is 19.9 Å². The van der Waals surface area contributed by atoms with Gasteiger partial charge in [-0.2, -0.15) is 0 Å². The van der Waals surface area contributed by atoms with Crippen LogP contribution in [0.4, 0.5) is 0 Å². The molecule has 6 heteroatoms. The molecule has 3 heterocycles. The van der Waals surface area contributed by atoms with Crippen LogP contribution < -0.4 is 9.47 Å². The molecule has 4 atom stereocenters. The van der Waals surface area contributed by atoms with Crippen molar-refractivity contribution in [2.45, 2.75) is 68.5 Å². The molecule has 6 rings (SSSR count). The number of ether oxygens (including phenoxy) is 4. The standard InChI is InChI=1S/C23H31NO5/c1-20(2)12-27-23(28-13-20)8-7-22(25)16-11-14-5-6-15(26-4)18-17(14)21(22,19(23)29-18)9-10-24(16)3/h5-6,16,19,25H,7-13H2,1-4H3/t16-,19?,21+,22?/m1/s1. The summed E-state index contributed by atoms with van der Waals surface area (Å²) in [6.45, 7) is 6.50. The van der Waals surface area contributed by atoms with Gasteiger partial charge < -0.3 is 29.0 Å².